The number of aryl methyl sites for hydroxylation is 1. The first-order valence-electron chi connectivity index (χ1n) is 5.75. The normalized spacial score (nSPS) is 11.3. The Labute approximate surface area is 126 Å². The van der Waals surface area contributed by atoms with Gasteiger partial charge in [0.1, 0.15) is 5.82 Å². The van der Waals surface area contributed by atoms with Crippen LogP contribution in [0.2, 0.25) is 0 Å². The van der Waals surface area contributed by atoms with Crippen LogP contribution in [-0.4, -0.2) is 9.97 Å². The summed E-state index contributed by atoms with van der Waals surface area (Å²) in [5, 5.41) is 2.81. The van der Waals surface area contributed by atoms with Crippen LogP contribution in [0.15, 0.2) is 28.7 Å². The second kappa shape index (κ2) is 5.86. The van der Waals surface area contributed by atoms with Crippen LogP contribution in [0, 0.1) is 6.92 Å². The summed E-state index contributed by atoms with van der Waals surface area (Å²) >= 11 is 3.31. The largest absolute Gasteiger partial charge is 0.433 e. The SMILES string of the molecule is Cc1ccc(Br)c(Nc2cc(C(F)(F)F)nc(NN)n2)c1. The van der Waals surface area contributed by atoms with Crippen LogP contribution in [0.3, 0.4) is 0 Å². The van der Waals surface area contributed by atoms with Gasteiger partial charge in [0.25, 0.3) is 0 Å². The third-order valence-corrected chi connectivity index (χ3v) is 3.22. The molecule has 2 rings (SSSR count). The van der Waals surface area contributed by atoms with Crippen LogP contribution in [0.4, 0.5) is 30.6 Å². The molecule has 0 saturated carbocycles. The van der Waals surface area contributed by atoms with Gasteiger partial charge in [-0.05, 0) is 40.5 Å². The van der Waals surface area contributed by atoms with Crippen molar-refractivity contribution >= 4 is 33.4 Å². The molecule has 0 aliphatic carbocycles. The van der Waals surface area contributed by atoms with Gasteiger partial charge in [-0.15, -0.1) is 0 Å². The number of anilines is 3. The molecule has 4 N–H and O–H groups in total. The number of nitrogens with zero attached hydrogens (tertiary/aromatic N) is 2. The molecule has 0 aliphatic rings. The number of alkyl halides is 3. The molecule has 2 aromatic rings. The third-order valence-electron chi connectivity index (χ3n) is 2.53. The molecule has 5 nitrogen and oxygen atoms in total. The molecule has 0 atom stereocenters. The van der Waals surface area contributed by atoms with E-state index in [1.807, 2.05) is 18.4 Å². The van der Waals surface area contributed by atoms with Gasteiger partial charge < -0.3 is 5.32 Å². The van der Waals surface area contributed by atoms with E-state index in [-0.39, 0.29) is 11.8 Å². The maximum atomic E-state index is 12.8. The maximum Gasteiger partial charge on any atom is 0.433 e. The zero-order chi connectivity index (χ0) is 15.6. The molecule has 0 unspecified atom stereocenters. The number of hydrogen-bond donors (Lipinski definition) is 3. The van der Waals surface area contributed by atoms with Gasteiger partial charge in [-0.3, -0.25) is 5.43 Å². The fourth-order valence-corrected chi connectivity index (χ4v) is 1.94. The van der Waals surface area contributed by atoms with Crippen molar-refractivity contribution in [1.29, 1.82) is 0 Å². The number of aromatic nitrogens is 2. The Morgan fingerprint density at radius 3 is 2.52 bits per heavy atom. The molecule has 21 heavy (non-hydrogen) atoms. The number of nitrogen functional groups attached to an aromatic ring is 1. The minimum absolute atomic E-state index is 0.0171. The number of nitrogens with two attached hydrogens (primary N) is 1. The lowest BCUT2D eigenvalue weighted by Gasteiger charge is -2.12. The van der Waals surface area contributed by atoms with Crippen LogP contribution in [-0.2, 0) is 6.18 Å². The van der Waals surface area contributed by atoms with Crippen molar-refractivity contribution in [2.45, 2.75) is 13.1 Å². The van der Waals surface area contributed by atoms with Crippen LogP contribution in [0.1, 0.15) is 11.3 Å². The van der Waals surface area contributed by atoms with E-state index < -0.39 is 11.9 Å². The highest BCUT2D eigenvalue weighted by molar-refractivity contribution is 9.10. The van der Waals surface area contributed by atoms with Gasteiger partial charge in [0, 0.05) is 10.5 Å². The van der Waals surface area contributed by atoms with Crippen molar-refractivity contribution in [3.05, 3.63) is 40.0 Å². The molecular formula is C12H11BrF3N5. The molecule has 9 heteroatoms. The number of rotatable bonds is 3. The Balaban J connectivity index is 2.42. The van der Waals surface area contributed by atoms with E-state index in [4.69, 9.17) is 5.84 Å². The lowest BCUT2D eigenvalue weighted by molar-refractivity contribution is -0.141. The smallest absolute Gasteiger partial charge is 0.339 e. The molecule has 112 valence electrons. The van der Waals surface area contributed by atoms with Crippen molar-refractivity contribution < 1.29 is 13.2 Å². The molecule has 1 heterocycles. The summed E-state index contributed by atoms with van der Waals surface area (Å²) in [6.45, 7) is 1.87. The van der Waals surface area contributed by atoms with Crippen LogP contribution < -0.4 is 16.6 Å². The molecule has 0 spiro atoms. The molecule has 1 aromatic carbocycles. The van der Waals surface area contributed by atoms with Crippen molar-refractivity contribution in [2.24, 2.45) is 5.84 Å². The van der Waals surface area contributed by atoms with E-state index in [2.05, 4.69) is 31.2 Å². The molecule has 1 aromatic heterocycles. The van der Waals surface area contributed by atoms with Crippen molar-refractivity contribution in [1.82, 2.24) is 9.97 Å². The van der Waals surface area contributed by atoms with Crippen molar-refractivity contribution in [3.63, 3.8) is 0 Å². The minimum atomic E-state index is -4.59. The van der Waals surface area contributed by atoms with Gasteiger partial charge >= 0.3 is 6.18 Å². The summed E-state index contributed by atoms with van der Waals surface area (Å²) in [7, 11) is 0. The zero-order valence-electron chi connectivity index (χ0n) is 10.8. The first-order chi connectivity index (χ1) is 9.79. The lowest BCUT2D eigenvalue weighted by Crippen LogP contribution is -2.16. The molecule has 0 saturated heterocycles. The summed E-state index contributed by atoms with van der Waals surface area (Å²) in [6.07, 6.45) is -4.59. The molecule has 0 amide bonds. The Hall–Kier alpha value is -1.87. The minimum Gasteiger partial charge on any atom is -0.339 e. The fourth-order valence-electron chi connectivity index (χ4n) is 1.59. The molecule has 0 fully saturated rings. The number of nitrogens with one attached hydrogen (secondary N) is 2. The first kappa shape index (κ1) is 15.5. The molecular weight excluding hydrogens is 351 g/mol. The maximum absolute atomic E-state index is 12.8. The van der Waals surface area contributed by atoms with E-state index in [1.54, 1.807) is 12.1 Å². The predicted octanol–water partition coefficient (Wildman–Crippen LogP) is 3.60. The van der Waals surface area contributed by atoms with Gasteiger partial charge in [-0.25, -0.2) is 10.8 Å². The monoisotopic (exact) mass is 361 g/mol. The average molecular weight is 362 g/mol. The summed E-state index contributed by atoms with van der Waals surface area (Å²) in [5.74, 6) is 4.76. The number of benzene rings is 1. The van der Waals surface area contributed by atoms with Gasteiger partial charge in [0.05, 0.1) is 5.69 Å². The number of hydrazine groups is 1. The summed E-state index contributed by atoms with van der Waals surface area (Å²) in [6, 6.07) is 6.24. The summed E-state index contributed by atoms with van der Waals surface area (Å²) in [5.41, 5.74) is 2.47. The molecule has 0 bridgehead atoms. The Kier molecular flexibility index (Phi) is 4.33. The van der Waals surface area contributed by atoms with Crippen LogP contribution in [0.25, 0.3) is 0 Å². The number of hydrogen-bond acceptors (Lipinski definition) is 5. The first-order valence-corrected chi connectivity index (χ1v) is 6.55. The molecule has 0 aliphatic heterocycles. The highest BCUT2D eigenvalue weighted by Gasteiger charge is 2.33. The second-order valence-electron chi connectivity index (χ2n) is 4.21. The van der Waals surface area contributed by atoms with E-state index in [0.29, 0.717) is 10.2 Å². The summed E-state index contributed by atoms with van der Waals surface area (Å²) < 4.78 is 39.0. The quantitative estimate of drug-likeness (QED) is 0.575. The van der Waals surface area contributed by atoms with Gasteiger partial charge in [-0.2, -0.15) is 18.2 Å². The average Bonchev–Trinajstić information content (AvgIpc) is 2.41. The fraction of sp³-hybridized carbons (Fsp3) is 0.167. The van der Waals surface area contributed by atoms with E-state index in [9.17, 15) is 13.2 Å². The number of halogens is 4. The van der Waals surface area contributed by atoms with Gasteiger partial charge in [-0.1, -0.05) is 6.07 Å². The Bertz CT molecular complexity index is 660. The van der Waals surface area contributed by atoms with Crippen molar-refractivity contribution in [3.8, 4) is 0 Å². The standard InChI is InChI=1S/C12H11BrF3N5/c1-6-2-3-7(13)8(4-6)18-10-5-9(12(14,15)16)19-11(20-10)21-17/h2-5H,17H2,1H3,(H2,18,19,20,21). The van der Waals surface area contributed by atoms with Crippen LogP contribution >= 0.6 is 15.9 Å². The zero-order valence-corrected chi connectivity index (χ0v) is 12.4. The third kappa shape index (κ3) is 3.82. The Morgan fingerprint density at radius 1 is 1.19 bits per heavy atom. The highest BCUT2D eigenvalue weighted by atomic mass is 79.9. The second-order valence-corrected chi connectivity index (χ2v) is 5.07. The summed E-state index contributed by atoms with van der Waals surface area (Å²) in [4.78, 5) is 7.13. The van der Waals surface area contributed by atoms with Crippen molar-refractivity contribution in [2.75, 3.05) is 10.7 Å². The van der Waals surface area contributed by atoms with Gasteiger partial charge in [0.15, 0.2) is 5.69 Å². The highest BCUT2D eigenvalue weighted by Crippen LogP contribution is 2.31. The van der Waals surface area contributed by atoms with E-state index >= 15 is 0 Å². The lowest BCUT2D eigenvalue weighted by atomic mass is 10.2. The predicted molar refractivity (Wildman–Crippen MR) is 77.0 cm³/mol. The Morgan fingerprint density at radius 2 is 1.90 bits per heavy atom. The molecule has 0 radical (unpaired) electrons. The van der Waals surface area contributed by atoms with Crippen LogP contribution in [0.5, 0.6) is 0 Å². The van der Waals surface area contributed by atoms with E-state index in [0.717, 1.165) is 11.6 Å². The van der Waals surface area contributed by atoms with E-state index in [1.165, 1.54) is 0 Å². The topological polar surface area (TPSA) is 75.9 Å². The van der Waals surface area contributed by atoms with Gasteiger partial charge in [0.2, 0.25) is 5.95 Å².